The predicted octanol–water partition coefficient (Wildman–Crippen LogP) is 0.273. The molecule has 2 saturated heterocycles. The number of hydrogen-bond acceptors (Lipinski definition) is 2. The first-order chi connectivity index (χ1) is 5.97. The molecule has 0 spiro atoms. The van der Waals surface area contributed by atoms with E-state index < -0.39 is 0 Å². The second-order valence-electron chi connectivity index (χ2n) is 5.59. The summed E-state index contributed by atoms with van der Waals surface area (Å²) >= 11 is 0. The van der Waals surface area contributed by atoms with Gasteiger partial charge in [-0.25, -0.2) is 0 Å². The van der Waals surface area contributed by atoms with E-state index in [0.29, 0.717) is 24.4 Å². The molecular weight excluding hydrogens is 152 g/mol. The van der Waals surface area contributed by atoms with Crippen LogP contribution in [0.2, 0.25) is 0 Å². The maximum absolute atomic E-state index is 5.73. The van der Waals surface area contributed by atoms with Crippen LogP contribution in [-0.2, 0) is 9.47 Å². The van der Waals surface area contributed by atoms with Crippen molar-refractivity contribution in [1.82, 2.24) is 0 Å². The lowest BCUT2D eigenvalue weighted by atomic mass is 9.44. The van der Waals surface area contributed by atoms with E-state index in [1.165, 1.54) is 0 Å². The molecule has 4 saturated carbocycles. The third-order valence-corrected chi connectivity index (χ3v) is 5.75. The normalized spacial score (nSPS) is 94.0. The lowest BCUT2D eigenvalue weighted by molar-refractivity contribution is -0.204. The topological polar surface area (TPSA) is 25.1 Å². The lowest BCUT2D eigenvalue weighted by Gasteiger charge is -2.61. The summed E-state index contributed by atoms with van der Waals surface area (Å²) < 4.78 is 11.5. The maximum Gasteiger partial charge on any atom is 0.0879 e. The van der Waals surface area contributed by atoms with Crippen LogP contribution in [0.4, 0.5) is 0 Å². The quantitative estimate of drug-likeness (QED) is 0.377. The van der Waals surface area contributed by atoms with Crippen molar-refractivity contribution in [2.75, 3.05) is 0 Å². The molecule has 4 aliphatic carbocycles. The van der Waals surface area contributed by atoms with Gasteiger partial charge in [0.2, 0.25) is 0 Å². The van der Waals surface area contributed by atoms with Gasteiger partial charge in [-0.05, 0) is 35.5 Å². The minimum Gasteiger partial charge on any atom is -0.369 e. The molecule has 2 aliphatic heterocycles. The number of epoxide rings is 2. The van der Waals surface area contributed by atoms with Gasteiger partial charge in [0.1, 0.15) is 0 Å². The fourth-order valence-corrected chi connectivity index (χ4v) is 5.54. The average molecular weight is 162 g/mol. The zero-order valence-electron chi connectivity index (χ0n) is 6.59. The van der Waals surface area contributed by atoms with Crippen LogP contribution in [-0.4, -0.2) is 24.4 Å². The molecule has 12 heavy (non-hydrogen) atoms. The van der Waals surface area contributed by atoms with Crippen LogP contribution in [0.15, 0.2) is 0 Å². The second kappa shape index (κ2) is 1.05. The van der Waals surface area contributed by atoms with Gasteiger partial charge in [0, 0.05) is 0 Å². The van der Waals surface area contributed by atoms with Crippen molar-refractivity contribution in [2.24, 2.45) is 35.5 Å². The highest BCUT2D eigenvalue weighted by atomic mass is 16.6. The molecule has 6 rings (SSSR count). The highest BCUT2D eigenvalue weighted by Crippen LogP contribution is 2.84. The fraction of sp³-hybridized carbons (Fsp3) is 1.00. The molecule has 0 aromatic carbocycles. The monoisotopic (exact) mass is 162 g/mol. The van der Waals surface area contributed by atoms with E-state index in [-0.39, 0.29) is 0 Å². The molecule has 2 heterocycles. The first kappa shape index (κ1) is 4.97. The van der Waals surface area contributed by atoms with E-state index in [1.54, 1.807) is 0 Å². The van der Waals surface area contributed by atoms with E-state index >= 15 is 0 Å². The summed E-state index contributed by atoms with van der Waals surface area (Å²) in [5, 5.41) is 0. The van der Waals surface area contributed by atoms with E-state index in [0.717, 1.165) is 35.5 Å². The Kier molecular flexibility index (Phi) is 0.436. The van der Waals surface area contributed by atoms with Crippen molar-refractivity contribution in [2.45, 2.75) is 24.4 Å². The lowest BCUT2D eigenvalue weighted by Crippen LogP contribution is -2.62. The van der Waals surface area contributed by atoms with Crippen LogP contribution in [0.5, 0.6) is 0 Å². The Morgan fingerprint density at radius 2 is 0.750 bits per heavy atom. The summed E-state index contributed by atoms with van der Waals surface area (Å²) in [6.07, 6.45) is 2.82. The molecule has 6 aliphatic rings. The Hall–Kier alpha value is -0.0800. The number of ether oxygens (including phenoxy) is 2. The van der Waals surface area contributed by atoms with Crippen molar-refractivity contribution in [3.05, 3.63) is 0 Å². The van der Waals surface area contributed by atoms with Gasteiger partial charge in [-0.2, -0.15) is 0 Å². The molecule has 62 valence electrons. The van der Waals surface area contributed by atoms with Crippen molar-refractivity contribution in [3.63, 3.8) is 0 Å². The van der Waals surface area contributed by atoms with Crippen LogP contribution >= 0.6 is 0 Å². The van der Waals surface area contributed by atoms with Gasteiger partial charge in [-0.3, -0.25) is 0 Å². The first-order valence-corrected chi connectivity index (χ1v) is 5.28. The summed E-state index contributed by atoms with van der Waals surface area (Å²) in [4.78, 5) is 0. The molecular formula is C10H10O2. The largest absolute Gasteiger partial charge is 0.369 e. The molecule has 0 bridgehead atoms. The smallest absolute Gasteiger partial charge is 0.0879 e. The maximum atomic E-state index is 5.73. The van der Waals surface area contributed by atoms with E-state index in [9.17, 15) is 0 Å². The Labute approximate surface area is 70.2 Å². The molecule has 2 heteroatoms. The van der Waals surface area contributed by atoms with Gasteiger partial charge >= 0.3 is 0 Å². The van der Waals surface area contributed by atoms with Crippen LogP contribution < -0.4 is 0 Å². The van der Waals surface area contributed by atoms with Crippen LogP contribution in [0, 0.1) is 35.5 Å². The molecule has 0 radical (unpaired) electrons. The molecule has 2 nitrogen and oxygen atoms in total. The Balaban J connectivity index is 1.67. The first-order valence-electron chi connectivity index (χ1n) is 5.28. The van der Waals surface area contributed by atoms with E-state index in [1.807, 2.05) is 0 Å². The fourth-order valence-electron chi connectivity index (χ4n) is 5.54. The van der Waals surface area contributed by atoms with Crippen molar-refractivity contribution in [3.8, 4) is 0 Å². The zero-order valence-corrected chi connectivity index (χ0v) is 6.59. The SMILES string of the molecule is O1[C@@H]2[C@@H]1[C@H]1C3C4[C@@H]([C@@H]5O[C@@H]5[C@H]41)[C@H]32. The summed E-state index contributed by atoms with van der Waals surface area (Å²) in [5.41, 5.74) is 0. The zero-order chi connectivity index (χ0) is 7.19. The molecule has 0 N–H and O–H groups in total. The minimum absolute atomic E-state index is 0.705. The van der Waals surface area contributed by atoms with Gasteiger partial charge in [-0.1, -0.05) is 0 Å². The van der Waals surface area contributed by atoms with Gasteiger partial charge in [0.05, 0.1) is 24.4 Å². The van der Waals surface area contributed by atoms with Crippen molar-refractivity contribution < 1.29 is 9.47 Å². The van der Waals surface area contributed by atoms with E-state index in [2.05, 4.69) is 0 Å². The van der Waals surface area contributed by atoms with Gasteiger partial charge in [-0.15, -0.1) is 0 Å². The minimum atomic E-state index is 0.705. The molecule has 0 amide bonds. The number of hydrogen-bond donors (Lipinski definition) is 0. The van der Waals surface area contributed by atoms with Crippen LogP contribution in [0.1, 0.15) is 0 Å². The number of rotatable bonds is 0. The van der Waals surface area contributed by atoms with E-state index in [4.69, 9.17) is 9.47 Å². The predicted molar refractivity (Wildman–Crippen MR) is 38.3 cm³/mol. The highest BCUT2D eigenvalue weighted by molar-refractivity contribution is 5.36. The summed E-state index contributed by atoms with van der Waals surface area (Å²) in [6.45, 7) is 0. The standard InChI is InChI=1S/C10H10O2/c11-7-3-1-2-5(3)9-10(12-9)6(2)4(1)8(7)11/h1-10H/t1?,2?,3-,4-,5+,6+,7-,8-,9-,10+/m0/s1. The summed E-state index contributed by atoms with van der Waals surface area (Å²) in [5.74, 6) is 6.05. The third kappa shape index (κ3) is 0.252. The molecule has 6 fully saturated rings. The Morgan fingerprint density at radius 3 is 1.08 bits per heavy atom. The second-order valence-corrected chi connectivity index (χ2v) is 5.59. The molecule has 2 unspecified atom stereocenters. The average Bonchev–Trinajstić information content (AvgIpc) is 2.73. The summed E-state index contributed by atoms with van der Waals surface area (Å²) in [6, 6.07) is 0. The number of fused-ring (bicyclic) bond motifs is 8. The Bertz CT molecular complexity index is 268. The van der Waals surface area contributed by atoms with Gasteiger partial charge in [0.25, 0.3) is 0 Å². The van der Waals surface area contributed by atoms with Gasteiger partial charge < -0.3 is 9.47 Å². The third-order valence-electron chi connectivity index (χ3n) is 5.75. The van der Waals surface area contributed by atoms with Crippen LogP contribution in [0.25, 0.3) is 0 Å². The summed E-state index contributed by atoms with van der Waals surface area (Å²) in [7, 11) is 0. The van der Waals surface area contributed by atoms with Gasteiger partial charge in [0.15, 0.2) is 0 Å². The highest BCUT2D eigenvalue weighted by Gasteiger charge is 2.89. The Morgan fingerprint density at radius 1 is 0.417 bits per heavy atom. The molecule has 10 atom stereocenters. The van der Waals surface area contributed by atoms with Crippen molar-refractivity contribution in [1.29, 1.82) is 0 Å². The van der Waals surface area contributed by atoms with Crippen LogP contribution in [0.3, 0.4) is 0 Å². The molecule has 0 aromatic rings. The molecule has 0 aromatic heterocycles. The van der Waals surface area contributed by atoms with Crippen molar-refractivity contribution >= 4 is 0 Å².